The summed E-state index contributed by atoms with van der Waals surface area (Å²) in [6.45, 7) is 0.878. The number of hydrogen-bond acceptors (Lipinski definition) is 2. The van der Waals surface area contributed by atoms with Crippen LogP contribution in [0.3, 0.4) is 0 Å². The van der Waals surface area contributed by atoms with Crippen LogP contribution in [0.5, 0.6) is 0 Å². The van der Waals surface area contributed by atoms with Gasteiger partial charge in [-0.25, -0.2) is 0 Å². The first-order chi connectivity index (χ1) is 6.27. The third-order valence-electron chi connectivity index (χ3n) is 2.20. The molecular weight excluding hydrogens is 200 g/mol. The summed E-state index contributed by atoms with van der Waals surface area (Å²) in [5.41, 5.74) is 6.96. The molecule has 1 aliphatic carbocycles. The van der Waals surface area contributed by atoms with Crippen molar-refractivity contribution in [3.05, 3.63) is 22.4 Å². The van der Waals surface area contributed by atoms with E-state index in [9.17, 15) is 0 Å². The highest BCUT2D eigenvalue weighted by molar-refractivity contribution is 7.80. The molecule has 70 valence electrons. The molecule has 1 aliphatic rings. The van der Waals surface area contributed by atoms with Crippen molar-refractivity contribution >= 4 is 28.7 Å². The first-order valence-corrected chi connectivity index (χ1v) is 5.69. The smallest absolute Gasteiger partial charge is 0.166 e. The van der Waals surface area contributed by atoms with Gasteiger partial charge in [-0.1, -0.05) is 0 Å². The third-order valence-corrected chi connectivity index (χ3v) is 3.17. The highest BCUT2D eigenvalue weighted by Crippen LogP contribution is 2.28. The van der Waals surface area contributed by atoms with Crippen molar-refractivity contribution < 1.29 is 0 Å². The minimum absolute atomic E-state index is 0.536. The van der Waals surface area contributed by atoms with E-state index < -0.39 is 0 Å². The quantitative estimate of drug-likeness (QED) is 0.777. The lowest BCUT2D eigenvalue weighted by Gasteiger charge is -2.21. The Bertz CT molecular complexity index is 291. The summed E-state index contributed by atoms with van der Waals surface area (Å²) >= 11 is 6.73. The molecule has 0 atom stereocenters. The molecule has 0 unspecified atom stereocenters. The molecule has 0 aromatic carbocycles. The predicted octanol–water partition coefficient (Wildman–Crippen LogP) is 1.96. The van der Waals surface area contributed by atoms with E-state index >= 15 is 0 Å². The van der Waals surface area contributed by atoms with Crippen LogP contribution in [0.25, 0.3) is 0 Å². The van der Waals surface area contributed by atoms with E-state index in [1.165, 1.54) is 18.4 Å². The van der Waals surface area contributed by atoms with Crippen LogP contribution in [-0.2, 0) is 6.54 Å². The van der Waals surface area contributed by atoms with Crippen LogP contribution < -0.4 is 5.73 Å². The fourth-order valence-corrected chi connectivity index (χ4v) is 2.23. The maximum atomic E-state index is 5.65. The number of nitrogens with zero attached hydrogens (tertiary/aromatic N) is 1. The number of hydrogen-bond donors (Lipinski definition) is 1. The standard InChI is InChI=1S/C9H12N2S2/c10-9(12)11(8-1-2-8)5-7-3-4-13-6-7/h3-4,6,8H,1-2,5H2,(H2,10,12). The van der Waals surface area contributed by atoms with Crippen molar-refractivity contribution in [3.63, 3.8) is 0 Å². The Balaban J connectivity index is 2.01. The second kappa shape index (κ2) is 3.64. The van der Waals surface area contributed by atoms with Gasteiger partial charge in [0.05, 0.1) is 0 Å². The second-order valence-electron chi connectivity index (χ2n) is 3.33. The van der Waals surface area contributed by atoms with Crippen LogP contribution in [0.4, 0.5) is 0 Å². The minimum atomic E-state index is 0.536. The minimum Gasteiger partial charge on any atom is -0.376 e. The van der Waals surface area contributed by atoms with Crippen LogP contribution in [-0.4, -0.2) is 16.1 Å². The molecule has 2 N–H and O–H groups in total. The van der Waals surface area contributed by atoms with E-state index in [4.69, 9.17) is 18.0 Å². The maximum Gasteiger partial charge on any atom is 0.166 e. The Labute approximate surface area is 87.3 Å². The molecule has 4 heteroatoms. The molecule has 2 rings (SSSR count). The lowest BCUT2D eigenvalue weighted by Crippen LogP contribution is -2.36. The second-order valence-corrected chi connectivity index (χ2v) is 4.53. The largest absolute Gasteiger partial charge is 0.376 e. The van der Waals surface area contributed by atoms with Crippen LogP contribution in [0.1, 0.15) is 18.4 Å². The van der Waals surface area contributed by atoms with Gasteiger partial charge in [0.2, 0.25) is 0 Å². The molecule has 0 radical (unpaired) electrons. The molecule has 1 saturated carbocycles. The highest BCUT2D eigenvalue weighted by atomic mass is 32.1. The average Bonchev–Trinajstić information content (AvgIpc) is 2.79. The van der Waals surface area contributed by atoms with E-state index in [2.05, 4.69) is 21.7 Å². The number of nitrogens with two attached hydrogens (primary N) is 1. The van der Waals surface area contributed by atoms with E-state index in [1.54, 1.807) is 11.3 Å². The summed E-state index contributed by atoms with van der Waals surface area (Å²) in [5, 5.41) is 4.77. The molecule has 1 heterocycles. The molecule has 1 aromatic rings. The monoisotopic (exact) mass is 212 g/mol. The van der Waals surface area contributed by atoms with Crippen LogP contribution in [0.2, 0.25) is 0 Å². The zero-order valence-electron chi connectivity index (χ0n) is 7.27. The van der Waals surface area contributed by atoms with Crippen molar-refractivity contribution in [1.82, 2.24) is 4.90 Å². The van der Waals surface area contributed by atoms with Crippen LogP contribution >= 0.6 is 23.6 Å². The molecule has 0 bridgehead atoms. The summed E-state index contributed by atoms with van der Waals surface area (Å²) in [5.74, 6) is 0. The Morgan fingerprint density at radius 1 is 1.69 bits per heavy atom. The summed E-state index contributed by atoms with van der Waals surface area (Å²) < 4.78 is 0. The molecule has 2 nitrogen and oxygen atoms in total. The topological polar surface area (TPSA) is 29.3 Å². The fraction of sp³-hybridized carbons (Fsp3) is 0.444. The van der Waals surface area contributed by atoms with Gasteiger partial charge < -0.3 is 10.6 Å². The SMILES string of the molecule is NC(=S)N(Cc1ccsc1)C1CC1. The normalized spacial score (nSPS) is 15.7. The van der Waals surface area contributed by atoms with Crippen molar-refractivity contribution in [2.24, 2.45) is 5.73 Å². The summed E-state index contributed by atoms with van der Waals surface area (Å²) in [4.78, 5) is 2.12. The average molecular weight is 212 g/mol. The van der Waals surface area contributed by atoms with Crippen molar-refractivity contribution in [2.45, 2.75) is 25.4 Å². The third kappa shape index (κ3) is 2.19. The van der Waals surface area contributed by atoms with Gasteiger partial charge >= 0.3 is 0 Å². The van der Waals surface area contributed by atoms with E-state index in [0.29, 0.717) is 11.2 Å². The molecule has 0 aliphatic heterocycles. The van der Waals surface area contributed by atoms with Gasteiger partial charge in [0.25, 0.3) is 0 Å². The summed E-state index contributed by atoms with van der Waals surface area (Å²) in [6, 6.07) is 2.73. The molecule has 1 aromatic heterocycles. The first kappa shape index (κ1) is 8.97. The number of thiocarbonyl (C=S) groups is 1. The van der Waals surface area contributed by atoms with E-state index in [1.807, 2.05) is 0 Å². The van der Waals surface area contributed by atoms with Crippen LogP contribution in [0.15, 0.2) is 16.8 Å². The Morgan fingerprint density at radius 2 is 2.46 bits per heavy atom. The predicted molar refractivity (Wildman–Crippen MR) is 59.7 cm³/mol. The van der Waals surface area contributed by atoms with Crippen molar-refractivity contribution in [2.75, 3.05) is 0 Å². The molecule has 0 spiro atoms. The lowest BCUT2D eigenvalue weighted by atomic mass is 10.3. The number of thiophene rings is 1. The van der Waals surface area contributed by atoms with Crippen molar-refractivity contribution in [1.29, 1.82) is 0 Å². The van der Waals surface area contributed by atoms with Gasteiger partial charge in [0, 0.05) is 12.6 Å². The van der Waals surface area contributed by atoms with Gasteiger partial charge in [-0.3, -0.25) is 0 Å². The maximum absolute atomic E-state index is 5.65. The first-order valence-electron chi connectivity index (χ1n) is 4.34. The van der Waals surface area contributed by atoms with Gasteiger partial charge in [0.1, 0.15) is 0 Å². The fourth-order valence-electron chi connectivity index (χ4n) is 1.35. The molecule has 1 fully saturated rings. The zero-order chi connectivity index (χ0) is 9.26. The van der Waals surface area contributed by atoms with E-state index in [0.717, 1.165) is 6.54 Å². The summed E-state index contributed by atoms with van der Waals surface area (Å²) in [6.07, 6.45) is 2.48. The van der Waals surface area contributed by atoms with Crippen LogP contribution in [0, 0.1) is 0 Å². The summed E-state index contributed by atoms with van der Waals surface area (Å²) in [7, 11) is 0. The molecular formula is C9H12N2S2. The Hall–Kier alpha value is -0.610. The van der Waals surface area contributed by atoms with Crippen molar-refractivity contribution in [3.8, 4) is 0 Å². The van der Waals surface area contributed by atoms with E-state index in [-0.39, 0.29) is 0 Å². The Kier molecular flexibility index (Phi) is 2.51. The molecule has 0 amide bonds. The van der Waals surface area contributed by atoms with Gasteiger partial charge in [0.15, 0.2) is 5.11 Å². The van der Waals surface area contributed by atoms with Gasteiger partial charge in [-0.15, -0.1) is 0 Å². The lowest BCUT2D eigenvalue weighted by molar-refractivity contribution is 0.407. The molecule has 0 saturated heterocycles. The highest BCUT2D eigenvalue weighted by Gasteiger charge is 2.29. The van der Waals surface area contributed by atoms with Gasteiger partial charge in [-0.05, 0) is 47.4 Å². The molecule has 13 heavy (non-hydrogen) atoms. The number of rotatable bonds is 3. The Morgan fingerprint density at radius 3 is 2.92 bits per heavy atom. The zero-order valence-corrected chi connectivity index (χ0v) is 8.90. The van der Waals surface area contributed by atoms with Gasteiger partial charge in [-0.2, -0.15) is 11.3 Å².